The van der Waals surface area contributed by atoms with E-state index in [-0.39, 0.29) is 37.4 Å². The van der Waals surface area contributed by atoms with Crippen LogP contribution in [0.5, 0.6) is 0 Å². The highest BCUT2D eigenvalue weighted by Crippen LogP contribution is 2.35. The van der Waals surface area contributed by atoms with Crippen molar-refractivity contribution >= 4 is 23.6 Å². The maximum Gasteiger partial charge on any atom is 0.262 e. The lowest BCUT2D eigenvalue weighted by Crippen LogP contribution is -2.58. The van der Waals surface area contributed by atoms with Crippen molar-refractivity contribution in [2.24, 2.45) is 0 Å². The second-order valence-electron chi connectivity index (χ2n) is 8.46. The number of carbonyl (C=O) groups is 4. The van der Waals surface area contributed by atoms with Crippen LogP contribution in [0.1, 0.15) is 52.0 Å². The summed E-state index contributed by atoms with van der Waals surface area (Å²) in [6.45, 7) is 1.35. The van der Waals surface area contributed by atoms with Crippen LogP contribution < -0.4 is 10.6 Å². The molecule has 5 rings (SSSR count). The van der Waals surface area contributed by atoms with Crippen LogP contribution in [-0.4, -0.2) is 75.9 Å². The predicted molar refractivity (Wildman–Crippen MR) is 104 cm³/mol. The molecule has 4 heterocycles. The number of rotatable bonds is 4. The summed E-state index contributed by atoms with van der Waals surface area (Å²) in [7, 11) is 0. The summed E-state index contributed by atoms with van der Waals surface area (Å²) >= 11 is 0. The standard InChI is InChI=1S/C21H24N4O5/c26-10-14-15-5-4-12(8-22-14)24(15)9-11-2-1-3-13-18(11)21(30)25(20(13)29)16-6-7-17(27)23-19(16)28/h1-3,12,14-16,22,26H,4-10H2,(H,23,27,28)/t12-,14+,15+,16?/m0/s1. The summed E-state index contributed by atoms with van der Waals surface area (Å²) in [6.07, 6.45) is 2.25. The van der Waals surface area contributed by atoms with Crippen molar-refractivity contribution in [3.05, 3.63) is 34.9 Å². The van der Waals surface area contributed by atoms with E-state index in [1.54, 1.807) is 12.1 Å². The van der Waals surface area contributed by atoms with Gasteiger partial charge in [0.2, 0.25) is 11.8 Å². The average molecular weight is 412 g/mol. The van der Waals surface area contributed by atoms with E-state index in [0.717, 1.165) is 29.8 Å². The third-order valence-electron chi connectivity index (χ3n) is 6.87. The Morgan fingerprint density at radius 1 is 1.07 bits per heavy atom. The summed E-state index contributed by atoms with van der Waals surface area (Å²) in [6, 6.07) is 4.78. The van der Waals surface area contributed by atoms with Gasteiger partial charge in [0.05, 0.1) is 17.7 Å². The van der Waals surface area contributed by atoms with Gasteiger partial charge in [-0.1, -0.05) is 12.1 Å². The number of nitrogens with one attached hydrogen (secondary N) is 2. The number of piperazine rings is 1. The fourth-order valence-corrected chi connectivity index (χ4v) is 5.39. The molecule has 3 N–H and O–H groups in total. The minimum absolute atomic E-state index is 0.00202. The summed E-state index contributed by atoms with van der Waals surface area (Å²) in [5.41, 5.74) is 1.42. The van der Waals surface area contributed by atoms with Gasteiger partial charge in [0.1, 0.15) is 6.04 Å². The third kappa shape index (κ3) is 2.88. The molecule has 3 saturated heterocycles. The highest BCUT2D eigenvalue weighted by molar-refractivity contribution is 6.24. The smallest absolute Gasteiger partial charge is 0.262 e. The lowest BCUT2D eigenvalue weighted by atomic mass is 10.00. The number of hydrogen-bond donors (Lipinski definition) is 3. The molecule has 0 aromatic heterocycles. The first-order valence-corrected chi connectivity index (χ1v) is 10.4. The van der Waals surface area contributed by atoms with Gasteiger partial charge in [-0.3, -0.25) is 34.3 Å². The van der Waals surface area contributed by atoms with Gasteiger partial charge in [0.25, 0.3) is 11.8 Å². The monoisotopic (exact) mass is 412 g/mol. The Hall–Kier alpha value is -2.62. The molecule has 4 amide bonds. The molecule has 1 aromatic carbocycles. The van der Waals surface area contributed by atoms with Crippen LogP contribution in [0, 0.1) is 0 Å². The van der Waals surface area contributed by atoms with Gasteiger partial charge in [0.15, 0.2) is 0 Å². The van der Waals surface area contributed by atoms with Gasteiger partial charge in [0, 0.05) is 37.6 Å². The Labute approximate surface area is 173 Å². The molecular weight excluding hydrogens is 388 g/mol. The summed E-state index contributed by atoms with van der Waals surface area (Å²) < 4.78 is 0. The van der Waals surface area contributed by atoms with Crippen LogP contribution >= 0.6 is 0 Å². The number of nitrogens with zero attached hydrogens (tertiary/aromatic N) is 2. The first kappa shape index (κ1) is 19.3. The highest BCUT2D eigenvalue weighted by atomic mass is 16.3. The molecule has 2 bridgehead atoms. The number of hydrogen-bond acceptors (Lipinski definition) is 7. The van der Waals surface area contributed by atoms with Crippen LogP contribution in [0.2, 0.25) is 0 Å². The van der Waals surface area contributed by atoms with Gasteiger partial charge in [-0.15, -0.1) is 0 Å². The maximum absolute atomic E-state index is 13.3. The fraction of sp³-hybridized carbons (Fsp3) is 0.524. The number of fused-ring (bicyclic) bond motifs is 3. The number of benzene rings is 1. The van der Waals surface area contributed by atoms with Gasteiger partial charge in [-0.05, 0) is 30.9 Å². The van der Waals surface area contributed by atoms with Crippen LogP contribution in [0.3, 0.4) is 0 Å². The second-order valence-corrected chi connectivity index (χ2v) is 8.46. The van der Waals surface area contributed by atoms with Crippen molar-refractivity contribution in [1.82, 2.24) is 20.4 Å². The number of carbonyl (C=O) groups excluding carboxylic acids is 4. The highest BCUT2D eigenvalue weighted by Gasteiger charge is 2.47. The van der Waals surface area contributed by atoms with Gasteiger partial charge in [-0.25, -0.2) is 0 Å². The van der Waals surface area contributed by atoms with E-state index in [2.05, 4.69) is 15.5 Å². The Morgan fingerprint density at radius 3 is 2.67 bits per heavy atom. The lowest BCUT2D eigenvalue weighted by molar-refractivity contribution is -0.136. The Bertz CT molecular complexity index is 947. The molecule has 30 heavy (non-hydrogen) atoms. The van der Waals surface area contributed by atoms with E-state index in [1.165, 1.54) is 0 Å². The number of imide groups is 2. The van der Waals surface area contributed by atoms with Gasteiger partial charge < -0.3 is 10.4 Å². The zero-order valence-electron chi connectivity index (χ0n) is 16.5. The van der Waals surface area contributed by atoms with Crippen LogP contribution in [0.25, 0.3) is 0 Å². The summed E-state index contributed by atoms with van der Waals surface area (Å²) in [4.78, 5) is 53.3. The molecule has 1 aromatic rings. The van der Waals surface area contributed by atoms with Crippen LogP contribution in [-0.2, 0) is 16.1 Å². The van der Waals surface area contributed by atoms with Crippen molar-refractivity contribution in [2.45, 2.75) is 56.4 Å². The zero-order valence-corrected chi connectivity index (χ0v) is 16.5. The molecule has 0 saturated carbocycles. The zero-order chi connectivity index (χ0) is 21.0. The normalized spacial score (nSPS) is 31.3. The van der Waals surface area contributed by atoms with E-state index in [1.807, 2.05) is 6.07 Å². The van der Waals surface area contributed by atoms with Gasteiger partial charge in [-0.2, -0.15) is 0 Å². The molecule has 1 unspecified atom stereocenters. The number of aliphatic hydroxyl groups excluding tert-OH is 1. The Balaban J connectivity index is 1.44. The van der Waals surface area contributed by atoms with Crippen molar-refractivity contribution in [3.8, 4) is 0 Å². The number of amides is 4. The van der Waals surface area contributed by atoms with E-state index >= 15 is 0 Å². The molecule has 4 atom stereocenters. The largest absolute Gasteiger partial charge is 0.395 e. The summed E-state index contributed by atoms with van der Waals surface area (Å²) in [5.74, 6) is -1.95. The molecule has 9 heteroatoms. The van der Waals surface area contributed by atoms with Crippen molar-refractivity contribution in [2.75, 3.05) is 13.2 Å². The molecule has 158 valence electrons. The molecule has 4 aliphatic heterocycles. The molecule has 4 aliphatic rings. The number of aliphatic hydroxyl groups is 1. The number of piperidine rings is 1. The predicted octanol–water partition coefficient (Wildman–Crippen LogP) is -0.615. The van der Waals surface area contributed by atoms with E-state index < -0.39 is 23.8 Å². The Morgan fingerprint density at radius 2 is 1.90 bits per heavy atom. The maximum atomic E-state index is 13.3. The third-order valence-corrected chi connectivity index (χ3v) is 6.87. The first-order valence-electron chi connectivity index (χ1n) is 10.4. The molecule has 0 aliphatic carbocycles. The van der Waals surface area contributed by atoms with E-state index in [0.29, 0.717) is 23.7 Å². The first-order chi connectivity index (χ1) is 14.5. The van der Waals surface area contributed by atoms with E-state index in [4.69, 9.17) is 0 Å². The average Bonchev–Trinajstić information content (AvgIpc) is 3.13. The summed E-state index contributed by atoms with van der Waals surface area (Å²) in [5, 5.41) is 15.3. The second kappa shape index (κ2) is 7.26. The van der Waals surface area contributed by atoms with Crippen molar-refractivity contribution in [3.63, 3.8) is 0 Å². The lowest BCUT2D eigenvalue weighted by Gasteiger charge is -2.40. The quantitative estimate of drug-likeness (QED) is 0.564. The molecule has 0 spiro atoms. The Kier molecular flexibility index (Phi) is 4.68. The molecule has 0 radical (unpaired) electrons. The van der Waals surface area contributed by atoms with Crippen LogP contribution in [0.15, 0.2) is 18.2 Å². The molecule has 3 fully saturated rings. The van der Waals surface area contributed by atoms with Crippen molar-refractivity contribution in [1.29, 1.82) is 0 Å². The minimum atomic E-state index is -0.961. The van der Waals surface area contributed by atoms with Crippen molar-refractivity contribution < 1.29 is 24.3 Å². The SMILES string of the molecule is O=C1CCC(N2C(=O)c3cccc(CN4[C@H]5CC[C@@H]4[C@@H](CO)NC5)c3C2=O)C(=O)N1. The minimum Gasteiger partial charge on any atom is -0.395 e. The fourth-order valence-electron chi connectivity index (χ4n) is 5.39. The topological polar surface area (TPSA) is 119 Å². The molecule has 9 nitrogen and oxygen atoms in total. The van der Waals surface area contributed by atoms with Crippen LogP contribution in [0.4, 0.5) is 0 Å². The molecular formula is C21H24N4O5. The van der Waals surface area contributed by atoms with Gasteiger partial charge >= 0.3 is 0 Å². The van der Waals surface area contributed by atoms with E-state index in [9.17, 15) is 24.3 Å².